The number of methoxy groups -OCH3 is 1. The molecule has 0 radical (unpaired) electrons. The minimum absolute atomic E-state index is 0.0400. The number of nitrogens with zero attached hydrogens (tertiary/aromatic N) is 5. The molecule has 5 rings (SSSR count). The molecule has 0 spiro atoms. The van der Waals surface area contributed by atoms with Gasteiger partial charge in [-0.25, -0.2) is 9.07 Å². The molecule has 0 saturated carbocycles. The van der Waals surface area contributed by atoms with Crippen LogP contribution in [0.1, 0.15) is 38.2 Å². The highest BCUT2D eigenvalue weighted by Crippen LogP contribution is 2.28. The third-order valence-corrected chi connectivity index (χ3v) is 6.25. The summed E-state index contributed by atoms with van der Waals surface area (Å²) in [6.45, 7) is 1.97. The van der Waals surface area contributed by atoms with Gasteiger partial charge in [-0.05, 0) is 29.8 Å². The van der Waals surface area contributed by atoms with Gasteiger partial charge < -0.3 is 19.3 Å². The monoisotopic (exact) mass is 465 g/mol. The average molecular weight is 465 g/mol. The van der Waals surface area contributed by atoms with E-state index in [0.29, 0.717) is 38.4 Å². The average Bonchev–Trinajstić information content (AvgIpc) is 3.31. The van der Waals surface area contributed by atoms with Crippen molar-refractivity contribution in [2.45, 2.75) is 19.3 Å². The number of carbonyl (C=O) groups is 2. The van der Waals surface area contributed by atoms with Crippen molar-refractivity contribution in [2.24, 2.45) is 0 Å². The Labute approximate surface area is 195 Å². The number of rotatable bonds is 4. The van der Waals surface area contributed by atoms with Gasteiger partial charge in [0.2, 0.25) is 0 Å². The summed E-state index contributed by atoms with van der Waals surface area (Å²) in [6, 6.07) is 13.6. The van der Waals surface area contributed by atoms with E-state index in [1.807, 2.05) is 24.3 Å². The first-order chi connectivity index (χ1) is 16.5. The smallest absolute Gasteiger partial charge is 0.276 e. The van der Waals surface area contributed by atoms with Crippen molar-refractivity contribution in [3.8, 4) is 5.75 Å². The number of hydrogen-bond acceptors (Lipinski definition) is 6. The van der Waals surface area contributed by atoms with Crippen LogP contribution < -0.4 is 4.74 Å². The summed E-state index contributed by atoms with van der Waals surface area (Å²) in [4.78, 5) is 29.0. The van der Waals surface area contributed by atoms with Crippen LogP contribution >= 0.6 is 0 Å². The molecule has 10 heteroatoms. The third kappa shape index (κ3) is 4.12. The fourth-order valence-electron chi connectivity index (χ4n) is 4.27. The molecule has 3 heterocycles. The van der Waals surface area contributed by atoms with Gasteiger partial charge in [-0.2, -0.15) is 0 Å². The van der Waals surface area contributed by atoms with Gasteiger partial charge in [0.15, 0.2) is 5.69 Å². The Bertz CT molecular complexity index is 1200. The second kappa shape index (κ2) is 9.22. The summed E-state index contributed by atoms with van der Waals surface area (Å²) in [5.74, 6) is -0.394. The van der Waals surface area contributed by atoms with E-state index in [4.69, 9.17) is 9.47 Å². The number of halogens is 1. The first-order valence-electron chi connectivity index (χ1n) is 11.1. The van der Waals surface area contributed by atoms with E-state index in [0.717, 1.165) is 11.3 Å². The third-order valence-electron chi connectivity index (χ3n) is 6.25. The van der Waals surface area contributed by atoms with Crippen LogP contribution in [-0.4, -0.2) is 69.9 Å². The lowest BCUT2D eigenvalue weighted by Gasteiger charge is -2.34. The molecule has 1 saturated heterocycles. The fourth-order valence-corrected chi connectivity index (χ4v) is 4.27. The zero-order chi connectivity index (χ0) is 23.7. The molecular formula is C24H24FN5O4. The standard InChI is InChI=1S/C24H24FN5O4/c1-33-17-8-6-16(7-9-17)21-14-30-20(15-34-21)22(26-27-30)24(32)29-12-10-28(11-13-29)23(31)18-4-2-3-5-19(18)25/h2-9,21H,10-15H2,1H3. The van der Waals surface area contributed by atoms with Crippen LogP contribution in [0, 0.1) is 5.82 Å². The lowest BCUT2D eigenvalue weighted by atomic mass is 10.1. The quantitative estimate of drug-likeness (QED) is 0.588. The maximum absolute atomic E-state index is 14.0. The molecule has 1 fully saturated rings. The molecule has 1 aromatic heterocycles. The highest BCUT2D eigenvalue weighted by molar-refractivity contribution is 5.95. The van der Waals surface area contributed by atoms with Crippen molar-refractivity contribution in [1.82, 2.24) is 24.8 Å². The van der Waals surface area contributed by atoms with E-state index < -0.39 is 5.82 Å². The van der Waals surface area contributed by atoms with E-state index in [9.17, 15) is 14.0 Å². The summed E-state index contributed by atoms with van der Waals surface area (Å²) in [5.41, 5.74) is 1.94. The molecule has 2 aromatic carbocycles. The molecule has 1 atom stereocenters. The Morgan fingerprint density at radius 3 is 2.35 bits per heavy atom. The van der Waals surface area contributed by atoms with Crippen molar-refractivity contribution in [2.75, 3.05) is 33.3 Å². The second-order valence-corrected chi connectivity index (χ2v) is 8.20. The fraction of sp³-hybridized carbons (Fsp3) is 0.333. The Balaban J connectivity index is 1.23. The predicted octanol–water partition coefficient (Wildman–Crippen LogP) is 2.30. The molecule has 0 aliphatic carbocycles. The van der Waals surface area contributed by atoms with E-state index in [1.54, 1.807) is 33.7 Å². The molecule has 1 unspecified atom stereocenters. The maximum Gasteiger partial charge on any atom is 0.276 e. The molecule has 2 aliphatic rings. The molecule has 176 valence electrons. The first-order valence-corrected chi connectivity index (χ1v) is 11.1. The van der Waals surface area contributed by atoms with Crippen LogP contribution in [0.15, 0.2) is 48.5 Å². The molecule has 0 N–H and O–H groups in total. The molecule has 0 bridgehead atoms. The molecule has 34 heavy (non-hydrogen) atoms. The first kappa shape index (κ1) is 22.0. The minimum Gasteiger partial charge on any atom is -0.497 e. The van der Waals surface area contributed by atoms with Crippen molar-refractivity contribution in [3.05, 3.63) is 76.9 Å². The van der Waals surface area contributed by atoms with E-state index >= 15 is 0 Å². The number of hydrogen-bond donors (Lipinski definition) is 0. The van der Waals surface area contributed by atoms with Crippen LogP contribution in [0.3, 0.4) is 0 Å². The predicted molar refractivity (Wildman–Crippen MR) is 119 cm³/mol. The summed E-state index contributed by atoms with van der Waals surface area (Å²) in [7, 11) is 1.62. The number of amides is 2. The van der Waals surface area contributed by atoms with Gasteiger partial charge in [-0.3, -0.25) is 9.59 Å². The molecular weight excluding hydrogens is 441 g/mol. The zero-order valence-electron chi connectivity index (χ0n) is 18.7. The molecule has 2 aliphatic heterocycles. The normalized spacial score (nSPS) is 17.9. The SMILES string of the molecule is COc1ccc(C2Cn3nnc(C(=O)N4CCN(C(=O)c5ccccc5F)CC4)c3CO2)cc1. The van der Waals surface area contributed by atoms with Gasteiger partial charge in [0.25, 0.3) is 11.8 Å². The molecule has 9 nitrogen and oxygen atoms in total. The van der Waals surface area contributed by atoms with Gasteiger partial charge in [0.1, 0.15) is 17.7 Å². The van der Waals surface area contributed by atoms with Gasteiger partial charge in [-0.15, -0.1) is 5.10 Å². The van der Waals surface area contributed by atoms with Gasteiger partial charge in [-0.1, -0.05) is 29.5 Å². The van der Waals surface area contributed by atoms with Crippen LogP contribution in [0.25, 0.3) is 0 Å². The van der Waals surface area contributed by atoms with Crippen molar-refractivity contribution < 1.29 is 23.5 Å². The highest BCUT2D eigenvalue weighted by Gasteiger charge is 2.32. The van der Waals surface area contributed by atoms with Crippen LogP contribution in [0.5, 0.6) is 5.75 Å². The number of carbonyl (C=O) groups excluding carboxylic acids is 2. The number of piperazine rings is 1. The van der Waals surface area contributed by atoms with E-state index in [2.05, 4.69) is 10.3 Å². The Hall–Kier alpha value is -3.79. The van der Waals surface area contributed by atoms with Crippen molar-refractivity contribution in [1.29, 1.82) is 0 Å². The highest BCUT2D eigenvalue weighted by atomic mass is 19.1. The Kier molecular flexibility index (Phi) is 5.97. The van der Waals surface area contributed by atoms with Crippen molar-refractivity contribution in [3.63, 3.8) is 0 Å². The van der Waals surface area contributed by atoms with Gasteiger partial charge in [0, 0.05) is 26.2 Å². The summed E-state index contributed by atoms with van der Waals surface area (Å²) < 4.78 is 26.9. The largest absolute Gasteiger partial charge is 0.497 e. The van der Waals surface area contributed by atoms with E-state index in [1.165, 1.54) is 12.1 Å². The topological polar surface area (TPSA) is 89.8 Å². The lowest BCUT2D eigenvalue weighted by molar-refractivity contribution is -0.00204. The molecule has 2 amide bonds. The second-order valence-electron chi connectivity index (χ2n) is 8.20. The van der Waals surface area contributed by atoms with E-state index in [-0.39, 0.29) is 35.8 Å². The number of fused-ring (bicyclic) bond motifs is 1. The summed E-state index contributed by atoms with van der Waals surface area (Å²) in [5, 5.41) is 8.32. The van der Waals surface area contributed by atoms with Crippen LogP contribution in [0.4, 0.5) is 4.39 Å². The minimum atomic E-state index is -0.547. The van der Waals surface area contributed by atoms with Crippen molar-refractivity contribution >= 4 is 11.8 Å². The van der Waals surface area contributed by atoms with Gasteiger partial charge >= 0.3 is 0 Å². The number of ether oxygens (including phenoxy) is 2. The van der Waals surface area contributed by atoms with Crippen LogP contribution in [-0.2, 0) is 17.9 Å². The number of benzene rings is 2. The number of aromatic nitrogens is 3. The Morgan fingerprint density at radius 2 is 1.68 bits per heavy atom. The molecule has 3 aromatic rings. The Morgan fingerprint density at radius 1 is 1.00 bits per heavy atom. The summed E-state index contributed by atoms with van der Waals surface area (Å²) >= 11 is 0. The maximum atomic E-state index is 14.0. The van der Waals surface area contributed by atoms with Gasteiger partial charge in [0.05, 0.1) is 31.5 Å². The lowest BCUT2D eigenvalue weighted by Crippen LogP contribution is -2.51. The summed E-state index contributed by atoms with van der Waals surface area (Å²) in [6.07, 6.45) is -0.198. The zero-order valence-corrected chi connectivity index (χ0v) is 18.7. The van der Waals surface area contributed by atoms with Crippen LogP contribution in [0.2, 0.25) is 0 Å².